The Morgan fingerprint density at radius 1 is 1.02 bits per heavy atom. The van der Waals surface area contributed by atoms with Gasteiger partial charge in [-0.25, -0.2) is 23.2 Å². The maximum absolute atomic E-state index is 14.2. The average molecular weight is 809 g/mol. The van der Waals surface area contributed by atoms with Crippen LogP contribution in [-0.2, 0) is 24.0 Å². The summed E-state index contributed by atoms with van der Waals surface area (Å²) in [5, 5.41) is 15.6. The van der Waals surface area contributed by atoms with Crippen LogP contribution >= 0.6 is 11.3 Å². The molecule has 296 valence electrons. The van der Waals surface area contributed by atoms with E-state index in [4.69, 9.17) is 24.3 Å². The summed E-state index contributed by atoms with van der Waals surface area (Å²) in [5.41, 5.74) is 1.01. The topological polar surface area (TPSA) is 149 Å². The third-order valence-electron chi connectivity index (χ3n) is 9.63. The molecule has 2 aliphatic heterocycles. The van der Waals surface area contributed by atoms with Crippen molar-refractivity contribution in [2.24, 2.45) is 0 Å². The monoisotopic (exact) mass is 808 g/mol. The van der Waals surface area contributed by atoms with Crippen molar-refractivity contribution >= 4 is 54.9 Å². The van der Waals surface area contributed by atoms with E-state index >= 15 is 0 Å². The third kappa shape index (κ3) is 10.5. The number of nitrogens with zero attached hydrogens (tertiary/aromatic N) is 6. The summed E-state index contributed by atoms with van der Waals surface area (Å²) < 4.78 is 48.3. The van der Waals surface area contributed by atoms with Crippen LogP contribution in [0.5, 0.6) is 0 Å². The molecule has 17 heteroatoms. The highest BCUT2D eigenvalue weighted by atomic mass is 32.2. The van der Waals surface area contributed by atoms with Crippen LogP contribution in [-0.4, -0.2) is 111 Å². The van der Waals surface area contributed by atoms with Crippen LogP contribution in [0.1, 0.15) is 76.1 Å². The lowest BCUT2D eigenvalue weighted by molar-refractivity contribution is 0.00557. The molecule has 2 saturated heterocycles. The number of piperidine rings is 1. The smallest absolute Gasteiger partial charge is 0.410 e. The van der Waals surface area contributed by atoms with Crippen molar-refractivity contribution in [1.29, 1.82) is 0 Å². The number of carbonyl (C=O) groups excluding carboxylic acids is 1. The summed E-state index contributed by atoms with van der Waals surface area (Å²) in [6, 6.07) is 1.70. The first-order chi connectivity index (χ1) is 24.5. The van der Waals surface area contributed by atoms with Crippen LogP contribution < -0.4 is 4.90 Å². The largest absolute Gasteiger partial charge is 0.444 e. The van der Waals surface area contributed by atoms with Crippen LogP contribution in [0, 0.1) is 0 Å². The van der Waals surface area contributed by atoms with Gasteiger partial charge in [-0.3, -0.25) is 0 Å². The molecule has 0 aliphatic carbocycles. The van der Waals surface area contributed by atoms with Crippen molar-refractivity contribution in [3.63, 3.8) is 0 Å². The Bertz CT molecular complexity index is 1830. The Hall–Kier alpha value is -2.42. The normalized spacial score (nSPS) is 20.3. The lowest BCUT2D eigenvalue weighted by Crippen LogP contribution is -2.48. The summed E-state index contributed by atoms with van der Waals surface area (Å²) in [6.45, 7) is 22.3. The summed E-state index contributed by atoms with van der Waals surface area (Å²) >= 11 is 1.35. The van der Waals surface area contributed by atoms with E-state index in [2.05, 4.69) is 44.3 Å². The molecule has 0 aromatic carbocycles. The molecule has 3 aromatic heterocycles. The number of ether oxygens (including phenoxy) is 3. The second-order valence-electron chi connectivity index (χ2n) is 18.1. The number of sulfone groups is 1. The van der Waals surface area contributed by atoms with Crippen molar-refractivity contribution < 1.29 is 32.5 Å². The minimum Gasteiger partial charge on any atom is -0.444 e. The van der Waals surface area contributed by atoms with Crippen molar-refractivity contribution in [2.75, 3.05) is 37.8 Å². The Kier molecular flexibility index (Phi) is 12.6. The first-order valence-corrected chi connectivity index (χ1v) is 28.8. The number of anilines is 1. The minimum atomic E-state index is -3.90. The second-order valence-corrected chi connectivity index (χ2v) is 32.4. The van der Waals surface area contributed by atoms with Gasteiger partial charge >= 0.3 is 6.09 Å². The van der Waals surface area contributed by atoms with Gasteiger partial charge in [0.05, 0.1) is 22.3 Å². The van der Waals surface area contributed by atoms with Crippen LogP contribution in [0.25, 0.3) is 16.1 Å². The first-order valence-electron chi connectivity index (χ1n) is 18.7. The number of aliphatic hydroxyl groups is 1. The highest BCUT2D eigenvalue weighted by Crippen LogP contribution is 2.47. The van der Waals surface area contributed by atoms with E-state index < -0.39 is 37.7 Å². The van der Waals surface area contributed by atoms with E-state index in [-0.39, 0.29) is 42.5 Å². The molecule has 53 heavy (non-hydrogen) atoms. The molecule has 0 saturated carbocycles. The fraction of sp³-hybridized carbons (Fsp3) is 0.722. The molecule has 4 atom stereocenters. The summed E-state index contributed by atoms with van der Waals surface area (Å²) in [6.07, 6.45) is 6.27. The van der Waals surface area contributed by atoms with Crippen LogP contribution in [0.3, 0.4) is 0 Å². The van der Waals surface area contributed by atoms with Gasteiger partial charge in [0.1, 0.15) is 35.1 Å². The molecule has 3 aromatic rings. The Morgan fingerprint density at radius 2 is 1.58 bits per heavy atom. The number of fused-ring (bicyclic) bond motifs is 3. The van der Waals surface area contributed by atoms with Gasteiger partial charge in [0.25, 0.3) is 0 Å². The molecular weight excluding hydrogens is 749 g/mol. The minimum absolute atomic E-state index is 0.1000. The number of rotatable bonds is 15. The number of carbonyl (C=O) groups is 1. The maximum Gasteiger partial charge on any atom is 0.410 e. The molecule has 0 spiro atoms. The molecule has 1 unspecified atom stereocenters. The first kappa shape index (κ1) is 41.7. The summed E-state index contributed by atoms with van der Waals surface area (Å²) in [5.74, 6) is 0.0984. The highest BCUT2D eigenvalue weighted by molar-refractivity contribution is 7.91. The molecule has 2 fully saturated rings. The lowest BCUT2D eigenvalue weighted by atomic mass is 9.88. The molecular formula is C36H60N6O7S2Si2. The van der Waals surface area contributed by atoms with Gasteiger partial charge in [-0.15, -0.1) is 11.3 Å². The zero-order valence-corrected chi connectivity index (χ0v) is 37.1. The van der Waals surface area contributed by atoms with Crippen LogP contribution in [0.15, 0.2) is 17.3 Å². The zero-order chi connectivity index (χ0) is 39.1. The van der Waals surface area contributed by atoms with E-state index in [1.807, 2.05) is 30.6 Å². The molecule has 2 aliphatic rings. The zero-order valence-electron chi connectivity index (χ0n) is 33.4. The molecule has 5 heterocycles. The van der Waals surface area contributed by atoms with Gasteiger partial charge < -0.3 is 29.1 Å². The molecule has 13 nitrogen and oxygen atoms in total. The van der Waals surface area contributed by atoms with Gasteiger partial charge in [-0.2, -0.15) is 9.61 Å². The highest BCUT2D eigenvalue weighted by Gasteiger charge is 2.47. The molecule has 2 bridgehead atoms. The Balaban J connectivity index is 1.65. The Morgan fingerprint density at radius 3 is 2.06 bits per heavy atom. The average Bonchev–Trinajstić information content (AvgIpc) is 3.73. The van der Waals surface area contributed by atoms with Gasteiger partial charge in [0.2, 0.25) is 0 Å². The SMILES string of the molecule is CC(O)c1ncc(-c2cnn3c(N(COCC[Si](C)(C)C)COCC[Si](C)(C)C)c(S(C)(=O)=O)c([C@H]4C[C@H]5CC[C@@H](C4)N5C(=O)OC(C)(C)C)nc23)s1. The summed E-state index contributed by atoms with van der Waals surface area (Å²) in [4.78, 5) is 27.6. The molecule has 1 amide bonds. The number of aromatic nitrogens is 4. The number of thiazole rings is 1. The van der Waals surface area contributed by atoms with Gasteiger partial charge in [-0.05, 0) is 65.5 Å². The molecule has 0 radical (unpaired) electrons. The van der Waals surface area contributed by atoms with Crippen molar-refractivity contribution in [3.05, 3.63) is 23.1 Å². The van der Waals surface area contributed by atoms with E-state index in [1.54, 1.807) is 23.8 Å². The fourth-order valence-corrected chi connectivity index (χ4v) is 10.5. The van der Waals surface area contributed by atoms with E-state index in [0.29, 0.717) is 53.8 Å². The van der Waals surface area contributed by atoms with E-state index in [9.17, 15) is 18.3 Å². The van der Waals surface area contributed by atoms with E-state index in [1.165, 1.54) is 17.6 Å². The second kappa shape index (κ2) is 16.0. The number of hydrogen-bond acceptors (Lipinski definition) is 12. The van der Waals surface area contributed by atoms with E-state index in [0.717, 1.165) is 29.8 Å². The van der Waals surface area contributed by atoms with Crippen molar-refractivity contribution in [2.45, 2.75) is 139 Å². The molecule has 1 N–H and O–H groups in total. The third-order valence-corrected chi connectivity index (χ3v) is 15.4. The number of amides is 1. The van der Waals surface area contributed by atoms with Gasteiger partial charge in [0, 0.05) is 59.8 Å². The van der Waals surface area contributed by atoms with Crippen molar-refractivity contribution in [3.8, 4) is 10.4 Å². The predicted octanol–water partition coefficient (Wildman–Crippen LogP) is 7.39. The number of aliphatic hydroxyl groups excluding tert-OH is 1. The fourth-order valence-electron chi connectivity index (χ4n) is 6.95. The van der Waals surface area contributed by atoms with Crippen molar-refractivity contribution in [1.82, 2.24) is 24.5 Å². The predicted molar refractivity (Wildman–Crippen MR) is 215 cm³/mol. The maximum atomic E-state index is 14.2. The Labute approximate surface area is 321 Å². The number of hydrogen-bond donors (Lipinski definition) is 1. The summed E-state index contributed by atoms with van der Waals surface area (Å²) in [7, 11) is -6.71. The van der Waals surface area contributed by atoms with Crippen LogP contribution in [0.4, 0.5) is 10.6 Å². The molecule has 5 rings (SSSR count). The quantitative estimate of drug-likeness (QED) is 0.0931. The standard InChI is InChI=1S/C36H60N6O7S2Si2/c1-24(43)33-37-21-29(50-33)28-20-38-42-32(28)39-30(25-18-26-12-13-27(19-25)41(26)35(44)49-36(2,3)4)31(51(5,45)46)34(42)40(22-47-14-16-52(6,7)8)23-48-15-17-53(9,10)11/h20-21,24-27,43H,12-19,22-23H2,1-11H3/t24?,25-,26+,27-. The van der Waals surface area contributed by atoms with Gasteiger partial charge in [0.15, 0.2) is 21.3 Å². The van der Waals surface area contributed by atoms with Gasteiger partial charge in [-0.1, -0.05) is 39.3 Å². The van der Waals surface area contributed by atoms with Crippen LogP contribution in [0.2, 0.25) is 51.4 Å². The lowest BCUT2D eigenvalue weighted by Gasteiger charge is -2.40.